The molecule has 2 atom stereocenters. The summed E-state index contributed by atoms with van der Waals surface area (Å²) >= 11 is 0. The van der Waals surface area contributed by atoms with E-state index < -0.39 is 0 Å². The Morgan fingerprint density at radius 2 is 1.79 bits per heavy atom. The van der Waals surface area contributed by atoms with Crippen LogP contribution in [-0.2, 0) is 9.53 Å². The third-order valence-electron chi connectivity index (χ3n) is 5.43. The first-order valence-electron chi connectivity index (χ1n) is 10.3. The van der Waals surface area contributed by atoms with Gasteiger partial charge in [-0.15, -0.1) is 0 Å². The maximum absolute atomic E-state index is 12.7. The number of nitrogens with two attached hydrogens (primary N) is 1. The van der Waals surface area contributed by atoms with E-state index in [0.717, 1.165) is 49.8 Å². The van der Waals surface area contributed by atoms with Gasteiger partial charge in [0, 0.05) is 36.4 Å². The monoisotopic (exact) mass is 398 g/mol. The molecule has 29 heavy (non-hydrogen) atoms. The number of benzene rings is 2. The number of carbonyl (C=O) groups is 1. The van der Waals surface area contributed by atoms with Gasteiger partial charge in [-0.1, -0.05) is 6.92 Å². The van der Waals surface area contributed by atoms with Crippen molar-refractivity contribution in [2.24, 2.45) is 0 Å². The molecule has 0 bridgehead atoms. The van der Waals surface area contributed by atoms with Crippen molar-refractivity contribution in [2.45, 2.75) is 32.4 Å². The Morgan fingerprint density at radius 1 is 1.14 bits per heavy atom. The largest absolute Gasteiger partial charge is 0.497 e. The molecule has 0 aromatic heterocycles. The van der Waals surface area contributed by atoms with E-state index in [2.05, 4.69) is 46.7 Å². The lowest BCUT2D eigenvalue weighted by atomic mass is 10.0. The van der Waals surface area contributed by atoms with Crippen LogP contribution in [0, 0.1) is 0 Å². The van der Waals surface area contributed by atoms with E-state index in [9.17, 15) is 4.79 Å². The molecular weight excluding hydrogens is 366 g/mol. The standard InChI is InChI=1S/C23H31N3O3/c1-4-22(18-5-11-21(28-3)12-6-18)24-17(2)23(27)25-19-7-9-20(10-8-19)26-13-15-29-16-14-26/h5-12,17,22,24H,4,13-16H2,1-3H3,(H,25,27)/p+1/t17-,22+/m1/s1. The molecule has 0 saturated carbocycles. The van der Waals surface area contributed by atoms with Gasteiger partial charge in [0.2, 0.25) is 0 Å². The molecule has 0 aliphatic carbocycles. The van der Waals surface area contributed by atoms with E-state index in [4.69, 9.17) is 9.47 Å². The van der Waals surface area contributed by atoms with Gasteiger partial charge in [0.1, 0.15) is 11.8 Å². The predicted molar refractivity (Wildman–Crippen MR) is 116 cm³/mol. The van der Waals surface area contributed by atoms with Crippen molar-refractivity contribution in [1.29, 1.82) is 0 Å². The quantitative estimate of drug-likeness (QED) is 0.717. The molecule has 1 aliphatic rings. The fourth-order valence-corrected chi connectivity index (χ4v) is 3.60. The van der Waals surface area contributed by atoms with E-state index in [1.54, 1.807) is 7.11 Å². The number of hydrogen-bond acceptors (Lipinski definition) is 4. The molecule has 156 valence electrons. The maximum Gasteiger partial charge on any atom is 0.282 e. The number of carbonyl (C=O) groups excluding carboxylic acids is 1. The molecule has 1 fully saturated rings. The van der Waals surface area contributed by atoms with Crippen molar-refractivity contribution in [1.82, 2.24) is 0 Å². The van der Waals surface area contributed by atoms with Gasteiger partial charge in [-0.05, 0) is 55.5 Å². The van der Waals surface area contributed by atoms with Crippen molar-refractivity contribution >= 4 is 17.3 Å². The number of ether oxygens (including phenoxy) is 2. The van der Waals surface area contributed by atoms with E-state index >= 15 is 0 Å². The van der Waals surface area contributed by atoms with Crippen LogP contribution in [0.5, 0.6) is 5.75 Å². The van der Waals surface area contributed by atoms with Crippen LogP contribution in [-0.4, -0.2) is 45.4 Å². The van der Waals surface area contributed by atoms with E-state index in [0.29, 0.717) is 0 Å². The Morgan fingerprint density at radius 3 is 2.38 bits per heavy atom. The van der Waals surface area contributed by atoms with Crippen molar-refractivity contribution < 1.29 is 19.6 Å². The normalized spacial score (nSPS) is 16.2. The lowest BCUT2D eigenvalue weighted by Gasteiger charge is -2.29. The molecule has 1 aliphatic heterocycles. The molecule has 1 amide bonds. The summed E-state index contributed by atoms with van der Waals surface area (Å²) in [4.78, 5) is 15.0. The number of anilines is 2. The van der Waals surface area contributed by atoms with Crippen molar-refractivity contribution in [3.8, 4) is 5.75 Å². The third kappa shape index (κ3) is 5.71. The van der Waals surface area contributed by atoms with Gasteiger partial charge in [0.25, 0.3) is 5.91 Å². The average Bonchev–Trinajstić information content (AvgIpc) is 2.78. The van der Waals surface area contributed by atoms with Gasteiger partial charge in [-0.25, -0.2) is 0 Å². The van der Waals surface area contributed by atoms with Crippen LogP contribution in [0.2, 0.25) is 0 Å². The minimum atomic E-state index is -0.194. The van der Waals surface area contributed by atoms with Crippen LogP contribution in [0.3, 0.4) is 0 Å². The van der Waals surface area contributed by atoms with Crippen molar-refractivity contribution in [3.63, 3.8) is 0 Å². The topological polar surface area (TPSA) is 67.4 Å². The molecule has 0 unspecified atom stereocenters. The summed E-state index contributed by atoms with van der Waals surface area (Å²) in [5.41, 5.74) is 3.18. The number of hydrogen-bond donors (Lipinski definition) is 2. The highest BCUT2D eigenvalue weighted by molar-refractivity contribution is 5.93. The molecule has 0 radical (unpaired) electrons. The first-order chi connectivity index (χ1) is 14.1. The van der Waals surface area contributed by atoms with E-state index in [1.807, 2.05) is 31.2 Å². The van der Waals surface area contributed by atoms with Crippen LogP contribution in [0.1, 0.15) is 31.9 Å². The second-order valence-corrected chi connectivity index (χ2v) is 7.40. The summed E-state index contributed by atoms with van der Waals surface area (Å²) in [6, 6.07) is 16.2. The van der Waals surface area contributed by atoms with Crippen LogP contribution in [0.25, 0.3) is 0 Å². The number of quaternary nitrogens is 1. The first-order valence-corrected chi connectivity index (χ1v) is 10.3. The zero-order chi connectivity index (χ0) is 20.6. The lowest BCUT2D eigenvalue weighted by molar-refractivity contribution is -0.713. The Labute approximate surface area is 173 Å². The van der Waals surface area contributed by atoms with Crippen molar-refractivity contribution in [3.05, 3.63) is 54.1 Å². The molecule has 6 heteroatoms. The Kier molecular flexibility index (Phi) is 7.49. The SMILES string of the molecule is CC[C@H]([NH2+][C@H](C)C(=O)Nc1ccc(N2CCOCC2)cc1)c1ccc(OC)cc1. The summed E-state index contributed by atoms with van der Waals surface area (Å²) < 4.78 is 10.6. The van der Waals surface area contributed by atoms with E-state index in [1.165, 1.54) is 5.56 Å². The number of nitrogens with one attached hydrogen (secondary N) is 1. The summed E-state index contributed by atoms with van der Waals surface area (Å²) in [6.45, 7) is 7.42. The van der Waals surface area contributed by atoms with Gasteiger partial charge in [-0.3, -0.25) is 4.79 Å². The Balaban J connectivity index is 1.56. The van der Waals surface area contributed by atoms with Gasteiger partial charge in [0.15, 0.2) is 6.04 Å². The highest BCUT2D eigenvalue weighted by atomic mass is 16.5. The summed E-state index contributed by atoms with van der Waals surface area (Å²) in [5.74, 6) is 0.853. The highest BCUT2D eigenvalue weighted by Crippen LogP contribution is 2.20. The number of amides is 1. The molecular formula is C23H32N3O3+. The minimum absolute atomic E-state index is 0.0103. The van der Waals surface area contributed by atoms with E-state index in [-0.39, 0.29) is 18.0 Å². The van der Waals surface area contributed by atoms with Crippen molar-refractivity contribution in [2.75, 3.05) is 43.6 Å². The van der Waals surface area contributed by atoms with Crippen LogP contribution >= 0.6 is 0 Å². The molecule has 3 N–H and O–H groups in total. The Hall–Kier alpha value is -2.57. The fourth-order valence-electron chi connectivity index (χ4n) is 3.60. The average molecular weight is 399 g/mol. The highest BCUT2D eigenvalue weighted by Gasteiger charge is 2.22. The third-order valence-corrected chi connectivity index (χ3v) is 5.43. The Bertz CT molecular complexity index is 771. The van der Waals surface area contributed by atoms with Crippen LogP contribution in [0.4, 0.5) is 11.4 Å². The number of methoxy groups -OCH3 is 1. The predicted octanol–water partition coefficient (Wildman–Crippen LogP) is 2.57. The maximum atomic E-state index is 12.7. The zero-order valence-corrected chi connectivity index (χ0v) is 17.6. The fraction of sp³-hybridized carbons (Fsp3) is 0.435. The lowest BCUT2D eigenvalue weighted by Crippen LogP contribution is -2.92. The first kappa shape index (κ1) is 21.1. The zero-order valence-electron chi connectivity index (χ0n) is 17.6. The number of morpholine rings is 1. The van der Waals surface area contributed by atoms with Gasteiger partial charge in [-0.2, -0.15) is 0 Å². The summed E-state index contributed by atoms with van der Waals surface area (Å²) in [6.07, 6.45) is 0.943. The molecule has 3 rings (SSSR count). The number of nitrogens with zero attached hydrogens (tertiary/aromatic N) is 1. The summed E-state index contributed by atoms with van der Waals surface area (Å²) in [7, 11) is 1.67. The second kappa shape index (κ2) is 10.3. The summed E-state index contributed by atoms with van der Waals surface area (Å²) in [5, 5.41) is 5.16. The van der Waals surface area contributed by atoms with Gasteiger partial charge in [0.05, 0.1) is 20.3 Å². The van der Waals surface area contributed by atoms with Crippen LogP contribution in [0.15, 0.2) is 48.5 Å². The van der Waals surface area contributed by atoms with Crippen LogP contribution < -0.4 is 20.3 Å². The molecule has 2 aromatic carbocycles. The van der Waals surface area contributed by atoms with Gasteiger partial charge >= 0.3 is 0 Å². The molecule has 1 saturated heterocycles. The smallest absolute Gasteiger partial charge is 0.282 e. The van der Waals surface area contributed by atoms with Gasteiger partial charge < -0.3 is 25.0 Å². The number of rotatable bonds is 8. The minimum Gasteiger partial charge on any atom is -0.497 e. The molecule has 6 nitrogen and oxygen atoms in total. The second-order valence-electron chi connectivity index (χ2n) is 7.40. The molecule has 2 aromatic rings. The molecule has 0 spiro atoms. The molecule has 1 heterocycles.